The molecule has 0 aliphatic heterocycles. The van der Waals surface area contributed by atoms with E-state index in [1.54, 1.807) is 0 Å². The average Bonchev–Trinajstić information content (AvgIpc) is 2.40. The lowest BCUT2D eigenvalue weighted by Crippen LogP contribution is -2.06. The molecule has 0 saturated carbocycles. The first-order valence-corrected chi connectivity index (χ1v) is 5.76. The van der Waals surface area contributed by atoms with E-state index in [9.17, 15) is 17.6 Å². The number of benzene rings is 2. The van der Waals surface area contributed by atoms with Gasteiger partial charge in [-0.15, -0.1) is 0 Å². The summed E-state index contributed by atoms with van der Waals surface area (Å²) in [7, 11) is 0. The Bertz CT molecular complexity index is 587. The van der Waals surface area contributed by atoms with Gasteiger partial charge in [-0.25, -0.2) is 17.6 Å². The predicted molar refractivity (Wildman–Crippen MR) is 64.9 cm³/mol. The molecule has 6 heteroatoms. The Morgan fingerprint density at radius 3 is 1.95 bits per heavy atom. The van der Waals surface area contributed by atoms with Gasteiger partial charge in [0.2, 0.25) is 0 Å². The van der Waals surface area contributed by atoms with Crippen LogP contribution in [0.3, 0.4) is 0 Å². The molecular formula is C14H11F4NO. The molecule has 0 aliphatic carbocycles. The summed E-state index contributed by atoms with van der Waals surface area (Å²) in [6, 6.07) is 5.27. The first-order chi connectivity index (χ1) is 9.52. The third-order valence-electron chi connectivity index (χ3n) is 2.72. The topological polar surface area (TPSA) is 35.2 Å². The molecule has 0 spiro atoms. The van der Waals surface area contributed by atoms with Crippen LogP contribution in [0.2, 0.25) is 0 Å². The van der Waals surface area contributed by atoms with Crippen LogP contribution in [0.5, 0.6) is 5.75 Å². The van der Waals surface area contributed by atoms with Crippen molar-refractivity contribution in [1.82, 2.24) is 0 Å². The summed E-state index contributed by atoms with van der Waals surface area (Å²) in [6.45, 7) is -0.648. The fourth-order valence-corrected chi connectivity index (χ4v) is 1.68. The van der Waals surface area contributed by atoms with Crippen molar-refractivity contribution in [2.24, 2.45) is 5.73 Å². The normalized spacial score (nSPS) is 10.7. The lowest BCUT2D eigenvalue weighted by molar-refractivity contribution is 0.263. The van der Waals surface area contributed by atoms with Gasteiger partial charge in [-0.05, 0) is 29.8 Å². The average molecular weight is 285 g/mol. The van der Waals surface area contributed by atoms with Gasteiger partial charge < -0.3 is 10.5 Å². The molecule has 0 bridgehead atoms. The highest BCUT2D eigenvalue weighted by Crippen LogP contribution is 2.25. The maximum absolute atomic E-state index is 13.6. The van der Waals surface area contributed by atoms with Crippen molar-refractivity contribution in [1.29, 1.82) is 0 Å². The molecule has 0 amide bonds. The minimum Gasteiger partial charge on any atom is -0.483 e. The van der Waals surface area contributed by atoms with E-state index in [1.807, 2.05) is 0 Å². The zero-order valence-corrected chi connectivity index (χ0v) is 10.3. The van der Waals surface area contributed by atoms with Crippen LogP contribution < -0.4 is 10.5 Å². The smallest absolute Gasteiger partial charge is 0.191 e. The predicted octanol–water partition coefficient (Wildman–Crippen LogP) is 3.28. The van der Waals surface area contributed by atoms with Crippen molar-refractivity contribution in [2.75, 3.05) is 0 Å². The number of halogens is 4. The van der Waals surface area contributed by atoms with Crippen LogP contribution in [0.15, 0.2) is 30.3 Å². The lowest BCUT2D eigenvalue weighted by atomic mass is 10.2. The standard InChI is InChI=1S/C14H11F4NO/c15-10-2-1-3-11(16)9(10)7-20-14-12(17)4-8(6-19)5-13(14)18/h1-5H,6-7,19H2. The van der Waals surface area contributed by atoms with Crippen LogP contribution in [-0.4, -0.2) is 0 Å². The molecule has 0 fully saturated rings. The highest BCUT2D eigenvalue weighted by atomic mass is 19.1. The first-order valence-electron chi connectivity index (χ1n) is 5.76. The third-order valence-corrected chi connectivity index (χ3v) is 2.72. The van der Waals surface area contributed by atoms with Crippen LogP contribution in [0.25, 0.3) is 0 Å². The zero-order valence-electron chi connectivity index (χ0n) is 10.3. The SMILES string of the molecule is NCc1cc(F)c(OCc2c(F)cccc2F)c(F)c1. The van der Waals surface area contributed by atoms with E-state index < -0.39 is 41.2 Å². The summed E-state index contributed by atoms with van der Waals surface area (Å²) in [4.78, 5) is 0. The first kappa shape index (κ1) is 14.3. The minimum absolute atomic E-state index is 0.0317. The van der Waals surface area contributed by atoms with Crippen molar-refractivity contribution in [2.45, 2.75) is 13.2 Å². The monoisotopic (exact) mass is 285 g/mol. The summed E-state index contributed by atoms with van der Waals surface area (Å²) in [5.74, 6) is -4.32. The Morgan fingerprint density at radius 1 is 0.900 bits per heavy atom. The van der Waals surface area contributed by atoms with Gasteiger partial charge in [-0.2, -0.15) is 0 Å². The third kappa shape index (κ3) is 2.91. The van der Waals surface area contributed by atoms with Crippen molar-refractivity contribution in [3.63, 3.8) is 0 Å². The number of hydrogen-bond acceptors (Lipinski definition) is 2. The second-order valence-corrected chi connectivity index (χ2v) is 4.08. The molecule has 0 aromatic heterocycles. The van der Waals surface area contributed by atoms with Crippen LogP contribution in [0.1, 0.15) is 11.1 Å². The number of nitrogens with two attached hydrogens (primary N) is 1. The van der Waals surface area contributed by atoms with Gasteiger partial charge in [0.1, 0.15) is 18.2 Å². The molecule has 2 rings (SSSR count). The van der Waals surface area contributed by atoms with E-state index in [2.05, 4.69) is 0 Å². The molecule has 0 saturated heterocycles. The molecule has 2 N–H and O–H groups in total. The van der Waals surface area contributed by atoms with E-state index in [-0.39, 0.29) is 12.1 Å². The maximum atomic E-state index is 13.6. The Morgan fingerprint density at radius 2 is 1.45 bits per heavy atom. The Labute approximate surface area is 112 Å². The van der Waals surface area contributed by atoms with E-state index in [1.165, 1.54) is 6.07 Å². The van der Waals surface area contributed by atoms with Crippen LogP contribution in [0, 0.1) is 23.3 Å². The van der Waals surface area contributed by atoms with Gasteiger partial charge in [0, 0.05) is 6.54 Å². The van der Waals surface area contributed by atoms with Gasteiger partial charge in [0.05, 0.1) is 5.56 Å². The molecule has 0 aliphatic rings. The molecule has 2 aromatic carbocycles. The molecule has 20 heavy (non-hydrogen) atoms. The summed E-state index contributed by atoms with van der Waals surface area (Å²) in [5, 5.41) is 0. The Hall–Kier alpha value is -2.08. The summed E-state index contributed by atoms with van der Waals surface area (Å²) in [6.07, 6.45) is 0. The van der Waals surface area contributed by atoms with Crippen molar-refractivity contribution >= 4 is 0 Å². The lowest BCUT2D eigenvalue weighted by Gasteiger charge is -2.10. The van der Waals surface area contributed by atoms with Gasteiger partial charge in [-0.1, -0.05) is 6.07 Å². The number of ether oxygens (including phenoxy) is 1. The molecule has 2 aromatic rings. The maximum Gasteiger partial charge on any atom is 0.191 e. The zero-order chi connectivity index (χ0) is 14.7. The van der Waals surface area contributed by atoms with Gasteiger partial charge in [-0.3, -0.25) is 0 Å². The van der Waals surface area contributed by atoms with Crippen LogP contribution >= 0.6 is 0 Å². The van der Waals surface area contributed by atoms with E-state index in [4.69, 9.17) is 10.5 Å². The summed E-state index contributed by atoms with van der Waals surface area (Å²) in [5.41, 5.74) is 5.13. The van der Waals surface area contributed by atoms with E-state index >= 15 is 0 Å². The second-order valence-electron chi connectivity index (χ2n) is 4.08. The van der Waals surface area contributed by atoms with Crippen molar-refractivity contribution < 1.29 is 22.3 Å². The molecular weight excluding hydrogens is 274 g/mol. The van der Waals surface area contributed by atoms with E-state index in [0.29, 0.717) is 0 Å². The quantitative estimate of drug-likeness (QED) is 0.875. The van der Waals surface area contributed by atoms with Crippen LogP contribution in [-0.2, 0) is 13.2 Å². The minimum atomic E-state index is -0.970. The highest BCUT2D eigenvalue weighted by molar-refractivity contribution is 5.31. The van der Waals surface area contributed by atoms with Crippen molar-refractivity contribution in [3.8, 4) is 5.75 Å². The largest absolute Gasteiger partial charge is 0.483 e. The molecule has 2 nitrogen and oxygen atoms in total. The fourth-order valence-electron chi connectivity index (χ4n) is 1.68. The molecule has 0 unspecified atom stereocenters. The number of rotatable bonds is 4. The van der Waals surface area contributed by atoms with E-state index in [0.717, 1.165) is 24.3 Å². The van der Waals surface area contributed by atoms with Gasteiger partial charge in [0.25, 0.3) is 0 Å². The second kappa shape index (κ2) is 5.92. The molecule has 106 valence electrons. The van der Waals surface area contributed by atoms with Gasteiger partial charge >= 0.3 is 0 Å². The molecule has 0 radical (unpaired) electrons. The van der Waals surface area contributed by atoms with Crippen LogP contribution in [0.4, 0.5) is 17.6 Å². The summed E-state index contributed by atoms with van der Waals surface area (Å²) >= 11 is 0. The Balaban J connectivity index is 2.23. The number of hydrogen-bond donors (Lipinski definition) is 1. The fraction of sp³-hybridized carbons (Fsp3) is 0.143. The highest BCUT2D eigenvalue weighted by Gasteiger charge is 2.15. The van der Waals surface area contributed by atoms with Gasteiger partial charge in [0.15, 0.2) is 17.4 Å². The summed E-state index contributed by atoms with van der Waals surface area (Å²) < 4.78 is 58.7. The van der Waals surface area contributed by atoms with Crippen molar-refractivity contribution in [3.05, 3.63) is 64.7 Å². The molecule has 0 atom stereocenters. The Kier molecular flexibility index (Phi) is 4.24. The molecule has 0 heterocycles.